The maximum Gasteiger partial charge on any atom is 0.308 e. The predicted octanol–water partition coefficient (Wildman–Crippen LogP) is 5.31. The Morgan fingerprint density at radius 3 is 2.12 bits per heavy atom. The molecule has 0 unspecified atom stereocenters. The SMILES string of the molecule is CCC(=C(c1ccc(OCCNC)cc1)c1ccc(OC(C)=O)cc1)c1ccc2c(c1)OCO2. The second kappa shape index (κ2) is 10.9. The van der Waals surface area contributed by atoms with E-state index in [-0.39, 0.29) is 12.8 Å². The highest BCUT2D eigenvalue weighted by atomic mass is 16.7. The number of benzene rings is 3. The molecule has 0 atom stereocenters. The maximum atomic E-state index is 11.3. The fraction of sp³-hybridized carbons (Fsp3) is 0.250. The average Bonchev–Trinajstić information content (AvgIpc) is 3.32. The molecule has 0 aromatic heterocycles. The Labute approximate surface area is 200 Å². The first-order valence-corrected chi connectivity index (χ1v) is 11.4. The minimum Gasteiger partial charge on any atom is -0.492 e. The van der Waals surface area contributed by atoms with Crippen LogP contribution in [-0.2, 0) is 4.79 Å². The smallest absolute Gasteiger partial charge is 0.308 e. The molecule has 0 amide bonds. The van der Waals surface area contributed by atoms with Gasteiger partial charge in [0.25, 0.3) is 0 Å². The van der Waals surface area contributed by atoms with Gasteiger partial charge in [-0.2, -0.15) is 0 Å². The van der Waals surface area contributed by atoms with E-state index in [0.29, 0.717) is 12.4 Å². The molecule has 3 aromatic rings. The van der Waals surface area contributed by atoms with E-state index in [0.717, 1.165) is 52.5 Å². The monoisotopic (exact) mass is 459 g/mol. The van der Waals surface area contributed by atoms with Gasteiger partial charge in [-0.15, -0.1) is 0 Å². The van der Waals surface area contributed by atoms with Crippen LogP contribution in [0.1, 0.15) is 37.0 Å². The van der Waals surface area contributed by atoms with Crippen molar-refractivity contribution in [3.63, 3.8) is 0 Å². The fourth-order valence-corrected chi connectivity index (χ4v) is 3.97. The number of nitrogens with one attached hydrogen (secondary N) is 1. The van der Waals surface area contributed by atoms with E-state index in [1.165, 1.54) is 12.5 Å². The summed E-state index contributed by atoms with van der Waals surface area (Å²) in [4.78, 5) is 11.3. The molecule has 0 radical (unpaired) electrons. The summed E-state index contributed by atoms with van der Waals surface area (Å²) in [6.45, 7) is 5.17. The molecule has 4 rings (SSSR count). The van der Waals surface area contributed by atoms with Crippen LogP contribution < -0.4 is 24.3 Å². The number of hydrogen-bond acceptors (Lipinski definition) is 6. The molecule has 3 aromatic carbocycles. The van der Waals surface area contributed by atoms with Crippen molar-refractivity contribution in [3.8, 4) is 23.0 Å². The van der Waals surface area contributed by atoms with Gasteiger partial charge in [0.05, 0.1) is 0 Å². The zero-order chi connectivity index (χ0) is 23.9. The number of esters is 1. The van der Waals surface area contributed by atoms with Gasteiger partial charge >= 0.3 is 5.97 Å². The summed E-state index contributed by atoms with van der Waals surface area (Å²) >= 11 is 0. The molecule has 0 bridgehead atoms. The minimum absolute atomic E-state index is 0.240. The van der Waals surface area contributed by atoms with Crippen molar-refractivity contribution < 1.29 is 23.7 Å². The summed E-state index contributed by atoms with van der Waals surface area (Å²) in [7, 11) is 1.90. The summed E-state index contributed by atoms with van der Waals surface area (Å²) in [5.41, 5.74) is 5.42. The molecule has 1 aliphatic rings. The second-order valence-corrected chi connectivity index (χ2v) is 7.87. The van der Waals surface area contributed by atoms with E-state index in [1.807, 2.05) is 55.6 Å². The number of hydrogen-bond donors (Lipinski definition) is 1. The van der Waals surface area contributed by atoms with E-state index in [2.05, 4.69) is 30.4 Å². The molecule has 0 aliphatic carbocycles. The molecular weight excluding hydrogens is 430 g/mol. The van der Waals surface area contributed by atoms with Gasteiger partial charge in [0.2, 0.25) is 6.79 Å². The van der Waals surface area contributed by atoms with Crippen LogP contribution in [0.15, 0.2) is 66.7 Å². The van der Waals surface area contributed by atoms with Crippen molar-refractivity contribution in [2.45, 2.75) is 20.3 Å². The minimum atomic E-state index is -0.341. The summed E-state index contributed by atoms with van der Waals surface area (Å²) in [6.07, 6.45) is 0.807. The van der Waals surface area contributed by atoms with Crippen LogP contribution in [0, 0.1) is 0 Å². The Kier molecular flexibility index (Phi) is 7.50. The van der Waals surface area contributed by atoms with Crippen LogP contribution in [-0.4, -0.2) is 33.0 Å². The Morgan fingerprint density at radius 2 is 1.50 bits per heavy atom. The molecule has 176 valence electrons. The van der Waals surface area contributed by atoms with Gasteiger partial charge < -0.3 is 24.3 Å². The Bertz CT molecular complexity index is 1170. The second-order valence-electron chi connectivity index (χ2n) is 7.87. The van der Waals surface area contributed by atoms with Crippen molar-refractivity contribution in [1.82, 2.24) is 5.32 Å². The van der Waals surface area contributed by atoms with Crippen LogP contribution in [0.3, 0.4) is 0 Å². The third-order valence-corrected chi connectivity index (χ3v) is 5.54. The molecule has 0 saturated heterocycles. The number of ether oxygens (including phenoxy) is 4. The summed E-state index contributed by atoms with van der Waals surface area (Å²) < 4.78 is 22.2. The zero-order valence-corrected chi connectivity index (χ0v) is 19.7. The highest BCUT2D eigenvalue weighted by molar-refractivity contribution is 5.99. The van der Waals surface area contributed by atoms with E-state index in [4.69, 9.17) is 18.9 Å². The lowest BCUT2D eigenvalue weighted by Gasteiger charge is -2.17. The van der Waals surface area contributed by atoms with Gasteiger partial charge in [-0.3, -0.25) is 4.79 Å². The molecular formula is C28H29NO5. The third kappa shape index (κ3) is 5.41. The average molecular weight is 460 g/mol. The molecule has 34 heavy (non-hydrogen) atoms. The predicted molar refractivity (Wildman–Crippen MR) is 132 cm³/mol. The maximum absolute atomic E-state index is 11.3. The van der Waals surface area contributed by atoms with Crippen molar-refractivity contribution in [2.75, 3.05) is 27.0 Å². The van der Waals surface area contributed by atoms with E-state index in [1.54, 1.807) is 0 Å². The lowest BCUT2D eigenvalue weighted by Crippen LogP contribution is -2.15. The molecule has 6 heteroatoms. The first-order valence-electron chi connectivity index (χ1n) is 11.4. The van der Waals surface area contributed by atoms with Gasteiger partial charge in [0, 0.05) is 13.5 Å². The van der Waals surface area contributed by atoms with Crippen molar-refractivity contribution in [1.29, 1.82) is 0 Å². The quantitative estimate of drug-likeness (QED) is 0.203. The van der Waals surface area contributed by atoms with Crippen LogP contribution >= 0.6 is 0 Å². The first-order chi connectivity index (χ1) is 16.6. The summed E-state index contributed by atoms with van der Waals surface area (Å²) in [5.74, 6) is 2.51. The number of carbonyl (C=O) groups is 1. The largest absolute Gasteiger partial charge is 0.492 e. The topological polar surface area (TPSA) is 66.0 Å². The zero-order valence-electron chi connectivity index (χ0n) is 19.7. The standard InChI is InChI=1S/C28H29NO5/c1-4-25(22-9-14-26-27(17-22)33-18-32-26)28(21-7-12-24(13-8-21)34-19(2)30)20-5-10-23(11-6-20)31-16-15-29-3/h5-14,17,29H,4,15-16,18H2,1-3H3. The molecule has 0 fully saturated rings. The Hall–Kier alpha value is -3.77. The highest BCUT2D eigenvalue weighted by Gasteiger charge is 2.18. The van der Waals surface area contributed by atoms with E-state index < -0.39 is 0 Å². The van der Waals surface area contributed by atoms with Gasteiger partial charge in [-0.05, 0) is 77.7 Å². The van der Waals surface area contributed by atoms with Crippen LogP contribution in [0.4, 0.5) is 0 Å². The molecule has 0 saturated carbocycles. The number of carbonyl (C=O) groups excluding carboxylic acids is 1. The fourth-order valence-electron chi connectivity index (χ4n) is 3.97. The van der Waals surface area contributed by atoms with Gasteiger partial charge in [0.1, 0.15) is 18.1 Å². The van der Waals surface area contributed by atoms with E-state index in [9.17, 15) is 4.79 Å². The molecule has 1 heterocycles. The molecule has 0 spiro atoms. The van der Waals surface area contributed by atoms with Crippen LogP contribution in [0.5, 0.6) is 23.0 Å². The van der Waals surface area contributed by atoms with Gasteiger partial charge in [0.15, 0.2) is 11.5 Å². The lowest BCUT2D eigenvalue weighted by molar-refractivity contribution is -0.131. The third-order valence-electron chi connectivity index (χ3n) is 5.54. The molecule has 1 N–H and O–H groups in total. The van der Waals surface area contributed by atoms with Crippen LogP contribution in [0.2, 0.25) is 0 Å². The summed E-state index contributed by atoms with van der Waals surface area (Å²) in [6, 6.07) is 21.8. The number of fused-ring (bicyclic) bond motifs is 1. The lowest BCUT2D eigenvalue weighted by atomic mass is 9.88. The normalized spacial score (nSPS) is 12.8. The highest BCUT2D eigenvalue weighted by Crippen LogP contribution is 2.40. The van der Waals surface area contributed by atoms with Gasteiger partial charge in [-0.25, -0.2) is 0 Å². The Morgan fingerprint density at radius 1 is 0.882 bits per heavy atom. The molecule has 6 nitrogen and oxygen atoms in total. The number of allylic oxidation sites excluding steroid dienone is 1. The van der Waals surface area contributed by atoms with Crippen molar-refractivity contribution in [3.05, 3.63) is 83.4 Å². The summed E-state index contributed by atoms with van der Waals surface area (Å²) in [5, 5.41) is 3.08. The van der Waals surface area contributed by atoms with E-state index >= 15 is 0 Å². The van der Waals surface area contributed by atoms with Crippen molar-refractivity contribution in [2.24, 2.45) is 0 Å². The van der Waals surface area contributed by atoms with Gasteiger partial charge in [-0.1, -0.05) is 37.3 Å². The first kappa shape index (κ1) is 23.4. The molecule has 1 aliphatic heterocycles. The number of likely N-dealkylation sites (N-methyl/N-ethyl adjacent to an activating group) is 1. The number of rotatable bonds is 9. The van der Waals surface area contributed by atoms with Crippen molar-refractivity contribution >= 4 is 17.1 Å². The Balaban J connectivity index is 1.78. The van der Waals surface area contributed by atoms with Crippen LogP contribution in [0.25, 0.3) is 11.1 Å².